The number of fused-ring (bicyclic) bond motifs is 5. The van der Waals surface area contributed by atoms with E-state index >= 15 is 0 Å². The molecule has 2 fully saturated rings. The highest BCUT2D eigenvalue weighted by Gasteiger charge is 3.03. The Morgan fingerprint density at radius 3 is 2.14 bits per heavy atom. The predicted molar refractivity (Wildman–Crippen MR) is 70.8 cm³/mol. The first-order chi connectivity index (χ1) is 10.5. The quantitative estimate of drug-likeness (QED) is 0.653. The molecule has 1 saturated heterocycles. The average Bonchev–Trinajstić information content (AvgIpc) is 2.94. The number of piperidine rings is 1. The Morgan fingerprint density at radius 1 is 1.05 bits per heavy atom. The Kier molecular flexibility index (Phi) is 1.81. The number of hydrogen-bond acceptors (Lipinski definition) is 5. The summed E-state index contributed by atoms with van der Waals surface area (Å²) in [7, 11) is 1.50. The molecule has 1 N–H and O–H groups in total. The molecule has 7 heteroatoms. The van der Waals surface area contributed by atoms with Gasteiger partial charge in [0.05, 0.1) is 12.1 Å². The van der Waals surface area contributed by atoms with Gasteiger partial charge in [-0.1, -0.05) is 18.2 Å². The molecule has 1 aromatic carbocycles. The van der Waals surface area contributed by atoms with E-state index in [0.717, 1.165) is 0 Å². The van der Waals surface area contributed by atoms with Crippen LogP contribution in [0.25, 0.3) is 0 Å². The van der Waals surface area contributed by atoms with E-state index in [4.69, 9.17) is 0 Å². The van der Waals surface area contributed by atoms with Gasteiger partial charge in [0.25, 0.3) is 11.8 Å². The van der Waals surface area contributed by atoms with Crippen molar-refractivity contribution in [2.24, 2.45) is 10.8 Å². The highest BCUT2D eigenvalue weighted by molar-refractivity contribution is 6.31. The Hall–Kier alpha value is -3.19. The number of likely N-dealkylation sites (N-methyl/N-ethyl adjacent to an activating group) is 1. The summed E-state index contributed by atoms with van der Waals surface area (Å²) in [6.45, 7) is 0. The molecule has 2 heterocycles. The van der Waals surface area contributed by atoms with E-state index in [2.05, 4.69) is 0 Å². The molecule has 1 spiro atoms. The maximum absolute atomic E-state index is 12.9. The van der Waals surface area contributed by atoms with E-state index in [1.165, 1.54) is 11.9 Å². The molecule has 1 saturated carbocycles. The second-order valence-corrected chi connectivity index (χ2v) is 5.64. The topological polar surface area (TPSA) is 114 Å². The van der Waals surface area contributed by atoms with E-state index in [1.807, 2.05) is 17.5 Å². The molecule has 0 aromatic heterocycles. The molecule has 0 bridgehead atoms. The zero-order valence-corrected chi connectivity index (χ0v) is 11.4. The number of nitrogens with one attached hydrogen (secondary N) is 1. The van der Waals surface area contributed by atoms with Crippen molar-refractivity contribution in [1.82, 2.24) is 5.32 Å². The van der Waals surface area contributed by atoms with Crippen molar-refractivity contribution in [2.75, 3.05) is 11.9 Å². The minimum atomic E-state index is -2.00. The van der Waals surface area contributed by atoms with Crippen LogP contribution in [0.3, 0.4) is 0 Å². The number of nitrogens with zero attached hydrogens (tertiary/aromatic N) is 3. The second-order valence-electron chi connectivity index (χ2n) is 5.64. The molecular formula is C15H8N4O3. The lowest BCUT2D eigenvalue weighted by Crippen LogP contribution is -2.44. The fraction of sp³-hybridized carbons (Fsp3) is 0.267. The highest BCUT2D eigenvalue weighted by Crippen LogP contribution is 2.83. The van der Waals surface area contributed by atoms with E-state index in [-0.39, 0.29) is 0 Å². The van der Waals surface area contributed by atoms with Gasteiger partial charge in [-0.25, -0.2) is 0 Å². The standard InChI is InChI=1S/C15H8N4O3/c1-19-9-5-3-2-4-8(9)15(12(19)22)13(6-16)10(20)18-11(21)14(13,15)7-17/h2-5H,1H3,(H,18,20,21)/t13-,14+,15?. The Bertz CT molecular complexity index is 855. The van der Waals surface area contributed by atoms with Crippen LogP contribution in [0.5, 0.6) is 0 Å². The summed E-state index contributed by atoms with van der Waals surface area (Å²) in [5, 5.41) is 21.3. The van der Waals surface area contributed by atoms with Crippen molar-refractivity contribution in [3.63, 3.8) is 0 Å². The first kappa shape index (κ1) is 12.5. The number of imide groups is 1. The van der Waals surface area contributed by atoms with Crippen LogP contribution in [-0.2, 0) is 19.8 Å². The summed E-state index contributed by atoms with van der Waals surface area (Å²) in [6.07, 6.45) is 0. The van der Waals surface area contributed by atoms with Gasteiger partial charge in [0, 0.05) is 12.7 Å². The number of carbonyl (C=O) groups excluding carboxylic acids is 3. The van der Waals surface area contributed by atoms with Gasteiger partial charge >= 0.3 is 0 Å². The first-order valence-corrected chi connectivity index (χ1v) is 6.53. The number of benzene rings is 1. The zero-order valence-electron chi connectivity index (χ0n) is 11.4. The van der Waals surface area contributed by atoms with Gasteiger partial charge in [-0.2, -0.15) is 10.5 Å². The van der Waals surface area contributed by atoms with Gasteiger partial charge in [-0.05, 0) is 11.6 Å². The van der Waals surface area contributed by atoms with Crippen LogP contribution in [0.4, 0.5) is 5.69 Å². The average molecular weight is 292 g/mol. The van der Waals surface area contributed by atoms with Crippen molar-refractivity contribution in [1.29, 1.82) is 10.5 Å². The van der Waals surface area contributed by atoms with Crippen molar-refractivity contribution < 1.29 is 14.4 Å². The molecule has 3 atom stereocenters. The molecule has 0 radical (unpaired) electrons. The van der Waals surface area contributed by atoms with Crippen LogP contribution >= 0.6 is 0 Å². The van der Waals surface area contributed by atoms with Gasteiger partial charge in [-0.3, -0.25) is 19.7 Å². The summed E-state index contributed by atoms with van der Waals surface area (Å²) >= 11 is 0. The number of amides is 3. The summed E-state index contributed by atoms with van der Waals surface area (Å²) in [6, 6.07) is 10.2. The number of rotatable bonds is 0. The fourth-order valence-corrected chi connectivity index (χ4v) is 4.26. The summed E-state index contributed by atoms with van der Waals surface area (Å²) in [5.41, 5.74) is -4.84. The molecule has 3 amide bonds. The number of hydrogen-bond donors (Lipinski definition) is 1. The van der Waals surface area contributed by atoms with Crippen LogP contribution in [0.2, 0.25) is 0 Å². The molecule has 3 aliphatic rings. The third kappa shape index (κ3) is 0.751. The predicted octanol–water partition coefficient (Wildman–Crippen LogP) is -0.409. The zero-order chi connectivity index (χ0) is 15.9. The Morgan fingerprint density at radius 2 is 1.59 bits per heavy atom. The minimum absolute atomic E-state index is 0.383. The third-order valence-electron chi connectivity index (χ3n) is 5.16. The molecule has 7 nitrogen and oxygen atoms in total. The molecule has 106 valence electrons. The minimum Gasteiger partial charge on any atom is -0.314 e. The number of para-hydroxylation sites is 1. The van der Waals surface area contributed by atoms with E-state index in [1.54, 1.807) is 24.3 Å². The van der Waals surface area contributed by atoms with Gasteiger partial charge in [0.1, 0.15) is 5.41 Å². The first-order valence-electron chi connectivity index (χ1n) is 6.53. The summed E-state index contributed by atoms with van der Waals surface area (Å²) in [5.74, 6) is -2.32. The maximum atomic E-state index is 12.9. The van der Waals surface area contributed by atoms with Gasteiger partial charge in [-0.15, -0.1) is 0 Å². The van der Waals surface area contributed by atoms with Crippen molar-refractivity contribution in [3.8, 4) is 12.1 Å². The molecule has 22 heavy (non-hydrogen) atoms. The monoisotopic (exact) mass is 292 g/mol. The lowest BCUT2D eigenvalue weighted by atomic mass is 9.84. The smallest absolute Gasteiger partial charge is 0.250 e. The maximum Gasteiger partial charge on any atom is 0.250 e. The summed E-state index contributed by atoms with van der Waals surface area (Å²) < 4.78 is 0. The molecule has 1 aromatic rings. The lowest BCUT2D eigenvalue weighted by molar-refractivity contribution is -0.133. The van der Waals surface area contributed by atoms with Crippen LogP contribution in [0.1, 0.15) is 5.56 Å². The van der Waals surface area contributed by atoms with Gasteiger partial charge in [0.15, 0.2) is 10.8 Å². The van der Waals surface area contributed by atoms with Crippen LogP contribution in [0.15, 0.2) is 24.3 Å². The van der Waals surface area contributed by atoms with Crippen LogP contribution in [0, 0.1) is 33.5 Å². The Labute approximate surface area is 124 Å². The molecule has 4 rings (SSSR count). The van der Waals surface area contributed by atoms with E-state index in [0.29, 0.717) is 11.3 Å². The molecule has 1 aliphatic carbocycles. The van der Waals surface area contributed by atoms with Crippen LogP contribution in [-0.4, -0.2) is 24.8 Å². The van der Waals surface area contributed by atoms with Gasteiger partial charge in [0.2, 0.25) is 5.91 Å². The second kappa shape index (κ2) is 3.18. The number of nitriles is 2. The molecular weight excluding hydrogens is 284 g/mol. The van der Waals surface area contributed by atoms with Crippen molar-refractivity contribution in [2.45, 2.75) is 5.41 Å². The normalized spacial score (nSPS) is 37.4. The molecule has 2 aliphatic heterocycles. The van der Waals surface area contributed by atoms with Crippen molar-refractivity contribution in [3.05, 3.63) is 29.8 Å². The lowest BCUT2D eigenvalue weighted by Gasteiger charge is -2.16. The number of anilines is 1. The van der Waals surface area contributed by atoms with Gasteiger partial charge < -0.3 is 4.90 Å². The highest BCUT2D eigenvalue weighted by atomic mass is 16.2. The van der Waals surface area contributed by atoms with Crippen molar-refractivity contribution >= 4 is 23.4 Å². The SMILES string of the molecule is CN1C(=O)C2(c3ccccc31)[C@]1(C#N)C(=O)NC(=O)[C@]21C#N. The largest absolute Gasteiger partial charge is 0.314 e. The molecule has 1 unspecified atom stereocenters. The van der Waals surface area contributed by atoms with Crippen LogP contribution < -0.4 is 10.2 Å². The summed E-state index contributed by atoms with van der Waals surface area (Å²) in [4.78, 5) is 38.7. The number of carbonyl (C=O) groups is 3. The third-order valence-corrected chi connectivity index (χ3v) is 5.16. The fourth-order valence-electron chi connectivity index (χ4n) is 4.26. The Balaban J connectivity index is 2.16. The van der Waals surface area contributed by atoms with E-state index in [9.17, 15) is 24.9 Å². The van der Waals surface area contributed by atoms with E-state index < -0.39 is 34.0 Å².